The molecule has 0 fully saturated rings. The lowest BCUT2D eigenvalue weighted by Crippen LogP contribution is -2.31. The van der Waals surface area contributed by atoms with Gasteiger partial charge in [-0.05, 0) is 32.0 Å². The number of thiazole rings is 1. The van der Waals surface area contributed by atoms with E-state index in [0.717, 1.165) is 11.1 Å². The summed E-state index contributed by atoms with van der Waals surface area (Å²) in [6.07, 6.45) is 0. The molecule has 3 heterocycles. The van der Waals surface area contributed by atoms with Gasteiger partial charge in [0.15, 0.2) is 16.7 Å². The number of amides is 1. The largest absolute Gasteiger partial charge is 0.503 e. The number of furan rings is 1. The summed E-state index contributed by atoms with van der Waals surface area (Å²) >= 11 is 1.17. The Hall–Kier alpha value is -4.04. The van der Waals surface area contributed by atoms with Gasteiger partial charge in [0.2, 0.25) is 5.78 Å². The predicted molar refractivity (Wildman–Crippen MR) is 126 cm³/mol. The lowest BCUT2D eigenvalue weighted by Gasteiger charge is -2.24. The molecule has 0 saturated carbocycles. The van der Waals surface area contributed by atoms with E-state index in [2.05, 4.69) is 4.98 Å². The molecule has 1 atom stereocenters. The molecule has 8 heteroatoms. The van der Waals surface area contributed by atoms with Gasteiger partial charge in [-0.1, -0.05) is 48.0 Å². The molecule has 0 aliphatic carbocycles. The first-order chi connectivity index (χ1) is 16.3. The number of carbonyl (C=O) groups excluding carboxylic acids is 2. The van der Waals surface area contributed by atoms with Crippen LogP contribution in [0.3, 0.4) is 0 Å². The van der Waals surface area contributed by atoms with Crippen molar-refractivity contribution >= 4 is 28.2 Å². The van der Waals surface area contributed by atoms with Crippen LogP contribution >= 0.6 is 11.3 Å². The molecule has 0 radical (unpaired) electrons. The molecule has 6 nitrogen and oxygen atoms in total. The monoisotopic (exact) mass is 474 g/mol. The Kier molecular flexibility index (Phi) is 5.37. The fourth-order valence-electron chi connectivity index (χ4n) is 3.95. The second-order valence-electron chi connectivity index (χ2n) is 7.98. The van der Waals surface area contributed by atoms with Crippen molar-refractivity contribution in [2.24, 2.45) is 0 Å². The van der Waals surface area contributed by atoms with Gasteiger partial charge in [-0.15, -0.1) is 11.3 Å². The standard InChI is InChI=1S/C26H19FN2O4S/c1-14-7-10-16(11-8-14)19-13-34-26(28-19)29-22(17-5-3-4-6-18(17)27)21(24(31)25(29)32)23(30)20-12-9-15(2)33-20/h3-13,22,31H,1-2H3. The second kappa shape index (κ2) is 8.39. The first kappa shape index (κ1) is 21.8. The third-order valence-corrected chi connectivity index (χ3v) is 6.50. The van der Waals surface area contributed by atoms with Crippen molar-refractivity contribution in [3.8, 4) is 11.3 Å². The first-order valence-electron chi connectivity index (χ1n) is 10.5. The number of rotatable bonds is 5. The number of aliphatic hydroxyl groups excluding tert-OH is 1. The molecule has 1 aliphatic rings. The highest BCUT2D eigenvalue weighted by atomic mass is 32.1. The van der Waals surface area contributed by atoms with E-state index >= 15 is 0 Å². The van der Waals surface area contributed by atoms with Gasteiger partial charge in [0, 0.05) is 16.5 Å². The summed E-state index contributed by atoms with van der Waals surface area (Å²) in [4.78, 5) is 32.3. The van der Waals surface area contributed by atoms with Crippen molar-refractivity contribution in [2.45, 2.75) is 19.9 Å². The fourth-order valence-corrected chi connectivity index (χ4v) is 4.81. The maximum atomic E-state index is 14.9. The van der Waals surface area contributed by atoms with Gasteiger partial charge in [0.25, 0.3) is 5.91 Å². The molecule has 2 aromatic carbocycles. The molecule has 170 valence electrons. The topological polar surface area (TPSA) is 83.6 Å². The average molecular weight is 475 g/mol. The molecule has 0 bridgehead atoms. The van der Waals surface area contributed by atoms with Crippen LogP contribution in [0.4, 0.5) is 9.52 Å². The van der Waals surface area contributed by atoms with E-state index in [9.17, 15) is 19.1 Å². The maximum absolute atomic E-state index is 14.9. The van der Waals surface area contributed by atoms with Gasteiger partial charge >= 0.3 is 0 Å². The molecule has 1 amide bonds. The molecule has 34 heavy (non-hydrogen) atoms. The van der Waals surface area contributed by atoms with Gasteiger partial charge in [0.1, 0.15) is 17.6 Å². The minimum Gasteiger partial charge on any atom is -0.503 e. The minimum atomic E-state index is -1.20. The molecule has 4 aromatic rings. The smallest absolute Gasteiger partial charge is 0.296 e. The van der Waals surface area contributed by atoms with Crippen LogP contribution in [0.25, 0.3) is 11.3 Å². The highest BCUT2D eigenvalue weighted by molar-refractivity contribution is 7.14. The third kappa shape index (κ3) is 3.62. The number of anilines is 1. The van der Waals surface area contributed by atoms with E-state index in [0.29, 0.717) is 11.5 Å². The van der Waals surface area contributed by atoms with Crippen LogP contribution in [-0.2, 0) is 4.79 Å². The van der Waals surface area contributed by atoms with Crippen LogP contribution in [0.2, 0.25) is 0 Å². The molecule has 1 N–H and O–H groups in total. The van der Waals surface area contributed by atoms with Gasteiger partial charge in [-0.25, -0.2) is 9.37 Å². The average Bonchev–Trinajstić information content (AvgIpc) is 3.53. The van der Waals surface area contributed by atoms with Crippen molar-refractivity contribution in [1.82, 2.24) is 4.98 Å². The van der Waals surface area contributed by atoms with E-state index in [-0.39, 0.29) is 22.0 Å². The number of nitrogens with zero attached hydrogens (tertiary/aromatic N) is 2. The summed E-state index contributed by atoms with van der Waals surface area (Å²) in [5.74, 6) is -2.44. The van der Waals surface area contributed by atoms with Gasteiger partial charge < -0.3 is 9.52 Å². The normalized spacial score (nSPS) is 15.9. The fraction of sp³-hybridized carbons (Fsp3) is 0.115. The SMILES string of the molecule is Cc1ccc(-c2csc(N3C(=O)C(O)=C(C(=O)c4ccc(C)o4)C3c3ccccc3F)n2)cc1. The highest BCUT2D eigenvalue weighted by Crippen LogP contribution is 2.44. The Bertz CT molecular complexity index is 1450. The van der Waals surface area contributed by atoms with Crippen molar-refractivity contribution in [3.05, 3.63) is 106 Å². The summed E-state index contributed by atoms with van der Waals surface area (Å²) in [6.45, 7) is 3.65. The van der Waals surface area contributed by atoms with Crippen LogP contribution < -0.4 is 4.90 Å². The lowest BCUT2D eigenvalue weighted by atomic mass is 9.95. The summed E-state index contributed by atoms with van der Waals surface area (Å²) in [5.41, 5.74) is 2.39. The molecule has 1 unspecified atom stereocenters. The van der Waals surface area contributed by atoms with Crippen molar-refractivity contribution < 1.29 is 23.5 Å². The number of benzene rings is 2. The quantitative estimate of drug-likeness (QED) is 0.362. The Labute approximate surface area is 198 Å². The zero-order valence-corrected chi connectivity index (χ0v) is 19.1. The number of Topliss-reactive ketones (excluding diaryl/α,β-unsaturated/α-hetero) is 1. The molecular formula is C26H19FN2O4S. The van der Waals surface area contributed by atoms with Crippen molar-refractivity contribution in [3.63, 3.8) is 0 Å². The number of ketones is 1. The first-order valence-corrected chi connectivity index (χ1v) is 11.4. The molecule has 0 spiro atoms. The van der Waals surface area contributed by atoms with Crippen molar-refractivity contribution in [2.75, 3.05) is 4.90 Å². The number of hydrogen-bond acceptors (Lipinski definition) is 6. The van der Waals surface area contributed by atoms with E-state index < -0.39 is 29.3 Å². The Morgan fingerprint density at radius 3 is 2.50 bits per heavy atom. The molecular weight excluding hydrogens is 455 g/mol. The Morgan fingerprint density at radius 1 is 1.09 bits per heavy atom. The summed E-state index contributed by atoms with van der Waals surface area (Å²) < 4.78 is 20.4. The number of aryl methyl sites for hydroxylation is 2. The van der Waals surface area contributed by atoms with E-state index in [1.807, 2.05) is 31.2 Å². The maximum Gasteiger partial charge on any atom is 0.296 e. The lowest BCUT2D eigenvalue weighted by molar-refractivity contribution is -0.117. The van der Waals surface area contributed by atoms with Crippen LogP contribution in [-0.4, -0.2) is 21.8 Å². The number of aliphatic hydroxyl groups is 1. The molecule has 0 saturated heterocycles. The zero-order chi connectivity index (χ0) is 24.0. The minimum absolute atomic E-state index is 0.0467. The Morgan fingerprint density at radius 2 is 1.82 bits per heavy atom. The van der Waals surface area contributed by atoms with Crippen molar-refractivity contribution in [1.29, 1.82) is 0 Å². The van der Waals surface area contributed by atoms with Crippen LogP contribution in [0.5, 0.6) is 0 Å². The molecule has 1 aliphatic heterocycles. The van der Waals surface area contributed by atoms with E-state index in [1.165, 1.54) is 40.5 Å². The number of hydrogen-bond donors (Lipinski definition) is 1. The van der Waals surface area contributed by atoms with Gasteiger partial charge in [-0.3, -0.25) is 14.5 Å². The van der Waals surface area contributed by atoms with Gasteiger partial charge in [0.05, 0.1) is 11.3 Å². The summed E-state index contributed by atoms with van der Waals surface area (Å²) in [7, 11) is 0. The van der Waals surface area contributed by atoms with Gasteiger partial charge in [-0.2, -0.15) is 0 Å². The Balaban J connectivity index is 1.63. The summed E-state index contributed by atoms with van der Waals surface area (Å²) in [5, 5.41) is 12.8. The van der Waals surface area contributed by atoms with Crippen LogP contribution in [0.1, 0.15) is 33.5 Å². The second-order valence-corrected chi connectivity index (χ2v) is 8.82. The number of halogens is 1. The van der Waals surface area contributed by atoms with Crippen LogP contribution in [0.15, 0.2) is 81.8 Å². The summed E-state index contributed by atoms with van der Waals surface area (Å²) in [6, 6.07) is 15.4. The predicted octanol–water partition coefficient (Wildman–Crippen LogP) is 5.94. The molecule has 5 rings (SSSR count). The number of carbonyl (C=O) groups is 2. The third-order valence-electron chi connectivity index (χ3n) is 5.66. The van der Waals surface area contributed by atoms with E-state index in [1.54, 1.807) is 24.4 Å². The zero-order valence-electron chi connectivity index (χ0n) is 18.3. The molecule has 2 aromatic heterocycles. The van der Waals surface area contributed by atoms with Crippen LogP contribution in [0, 0.1) is 19.7 Å². The number of aromatic nitrogens is 1. The highest BCUT2D eigenvalue weighted by Gasteiger charge is 2.47. The van der Waals surface area contributed by atoms with E-state index in [4.69, 9.17) is 4.42 Å².